The van der Waals surface area contributed by atoms with E-state index >= 15 is 0 Å². The molecule has 3 unspecified atom stereocenters. The minimum absolute atomic E-state index is 0.827. The standard InChI is InChI=1S/C16H33N/c1-3-5-9-14(4-2)12-15-10-7-6-8-11-16(15)13-17/h14-16H,3-13,17H2,1-2H3. The van der Waals surface area contributed by atoms with Crippen molar-refractivity contribution in [2.75, 3.05) is 6.54 Å². The molecule has 1 heteroatoms. The maximum atomic E-state index is 5.98. The Bertz CT molecular complexity index is 178. The van der Waals surface area contributed by atoms with Crippen LogP contribution in [0, 0.1) is 17.8 Å². The van der Waals surface area contributed by atoms with E-state index in [0.717, 1.165) is 24.3 Å². The van der Waals surface area contributed by atoms with Gasteiger partial charge >= 0.3 is 0 Å². The Morgan fingerprint density at radius 1 is 1.06 bits per heavy atom. The van der Waals surface area contributed by atoms with Crippen LogP contribution in [-0.4, -0.2) is 6.54 Å². The summed E-state index contributed by atoms with van der Waals surface area (Å²) in [5, 5.41) is 0. The summed E-state index contributed by atoms with van der Waals surface area (Å²) in [6.45, 7) is 5.60. The van der Waals surface area contributed by atoms with Crippen molar-refractivity contribution in [3.63, 3.8) is 0 Å². The number of hydrogen-bond acceptors (Lipinski definition) is 1. The highest BCUT2D eigenvalue weighted by molar-refractivity contribution is 4.77. The maximum Gasteiger partial charge on any atom is -0.00462 e. The SMILES string of the molecule is CCCCC(CC)CC1CCCCCC1CN. The first-order valence-electron chi connectivity index (χ1n) is 8.01. The fourth-order valence-corrected chi connectivity index (χ4v) is 3.49. The molecule has 1 aliphatic carbocycles. The highest BCUT2D eigenvalue weighted by Crippen LogP contribution is 2.34. The quantitative estimate of drug-likeness (QED) is 0.638. The summed E-state index contributed by atoms with van der Waals surface area (Å²) in [5.74, 6) is 2.73. The molecule has 0 saturated heterocycles. The number of nitrogens with two attached hydrogens (primary N) is 1. The van der Waals surface area contributed by atoms with Crippen molar-refractivity contribution in [2.24, 2.45) is 23.5 Å². The van der Waals surface area contributed by atoms with Gasteiger partial charge in [-0.25, -0.2) is 0 Å². The van der Waals surface area contributed by atoms with Crippen molar-refractivity contribution in [2.45, 2.75) is 78.1 Å². The Morgan fingerprint density at radius 2 is 1.76 bits per heavy atom. The number of rotatable bonds is 7. The van der Waals surface area contributed by atoms with Crippen molar-refractivity contribution >= 4 is 0 Å². The summed E-state index contributed by atoms with van der Waals surface area (Å²) < 4.78 is 0. The molecule has 1 saturated carbocycles. The fraction of sp³-hybridized carbons (Fsp3) is 1.00. The van der Waals surface area contributed by atoms with Gasteiger partial charge in [0.05, 0.1) is 0 Å². The Morgan fingerprint density at radius 3 is 2.35 bits per heavy atom. The minimum atomic E-state index is 0.827. The lowest BCUT2D eigenvalue weighted by atomic mass is 9.79. The molecule has 102 valence electrons. The second-order valence-electron chi connectivity index (χ2n) is 6.05. The van der Waals surface area contributed by atoms with E-state index in [-0.39, 0.29) is 0 Å². The van der Waals surface area contributed by atoms with Crippen LogP contribution in [0.2, 0.25) is 0 Å². The van der Waals surface area contributed by atoms with Gasteiger partial charge in [0.2, 0.25) is 0 Å². The van der Waals surface area contributed by atoms with Crippen LogP contribution in [0.5, 0.6) is 0 Å². The Kier molecular flexibility index (Phi) is 7.92. The molecule has 3 atom stereocenters. The number of unbranched alkanes of at least 4 members (excludes halogenated alkanes) is 1. The monoisotopic (exact) mass is 239 g/mol. The molecule has 0 aromatic carbocycles. The van der Waals surface area contributed by atoms with Gasteiger partial charge in [0.15, 0.2) is 0 Å². The highest BCUT2D eigenvalue weighted by Gasteiger charge is 2.24. The van der Waals surface area contributed by atoms with Crippen LogP contribution in [0.25, 0.3) is 0 Å². The van der Waals surface area contributed by atoms with E-state index in [1.807, 2.05) is 0 Å². The molecule has 0 heterocycles. The average Bonchev–Trinajstić information content (AvgIpc) is 2.59. The molecule has 17 heavy (non-hydrogen) atoms. The molecule has 0 aromatic rings. The third-order valence-electron chi connectivity index (χ3n) is 4.80. The fourth-order valence-electron chi connectivity index (χ4n) is 3.49. The molecule has 1 nitrogen and oxygen atoms in total. The zero-order valence-electron chi connectivity index (χ0n) is 12.1. The Balaban J connectivity index is 2.43. The topological polar surface area (TPSA) is 26.0 Å². The largest absolute Gasteiger partial charge is 0.330 e. The van der Waals surface area contributed by atoms with Crippen LogP contribution in [0.15, 0.2) is 0 Å². The molecular formula is C16H33N. The van der Waals surface area contributed by atoms with Crippen molar-refractivity contribution in [3.05, 3.63) is 0 Å². The van der Waals surface area contributed by atoms with E-state index in [4.69, 9.17) is 5.73 Å². The maximum absolute atomic E-state index is 5.98. The van der Waals surface area contributed by atoms with Gasteiger partial charge in [0, 0.05) is 0 Å². The van der Waals surface area contributed by atoms with E-state index in [0.29, 0.717) is 0 Å². The molecule has 1 fully saturated rings. The van der Waals surface area contributed by atoms with Crippen LogP contribution < -0.4 is 5.73 Å². The van der Waals surface area contributed by atoms with Gasteiger partial charge in [-0.05, 0) is 37.1 Å². The predicted octanol–water partition coefficient (Wildman–Crippen LogP) is 4.75. The summed E-state index contributed by atoms with van der Waals surface area (Å²) in [5.41, 5.74) is 5.98. The predicted molar refractivity (Wildman–Crippen MR) is 77.0 cm³/mol. The lowest BCUT2D eigenvalue weighted by Crippen LogP contribution is -2.24. The number of hydrogen-bond donors (Lipinski definition) is 1. The van der Waals surface area contributed by atoms with Gasteiger partial charge in [0.25, 0.3) is 0 Å². The Hall–Kier alpha value is -0.0400. The molecular weight excluding hydrogens is 206 g/mol. The normalized spacial score (nSPS) is 27.7. The molecule has 0 amide bonds. The molecule has 0 bridgehead atoms. The van der Waals surface area contributed by atoms with Gasteiger partial charge in [-0.2, -0.15) is 0 Å². The molecule has 2 N–H and O–H groups in total. The van der Waals surface area contributed by atoms with Gasteiger partial charge in [-0.3, -0.25) is 0 Å². The second-order valence-corrected chi connectivity index (χ2v) is 6.05. The zero-order chi connectivity index (χ0) is 12.5. The van der Waals surface area contributed by atoms with Crippen molar-refractivity contribution < 1.29 is 0 Å². The summed E-state index contributed by atoms with van der Waals surface area (Å²) >= 11 is 0. The van der Waals surface area contributed by atoms with Crippen molar-refractivity contribution in [1.29, 1.82) is 0 Å². The third kappa shape index (κ3) is 5.42. The lowest BCUT2D eigenvalue weighted by Gasteiger charge is -2.27. The molecule has 0 spiro atoms. The van der Waals surface area contributed by atoms with Gasteiger partial charge < -0.3 is 5.73 Å². The summed E-state index contributed by atoms with van der Waals surface area (Å²) in [6.07, 6.45) is 14.2. The minimum Gasteiger partial charge on any atom is -0.330 e. The summed E-state index contributed by atoms with van der Waals surface area (Å²) in [4.78, 5) is 0. The van der Waals surface area contributed by atoms with E-state index in [9.17, 15) is 0 Å². The molecule has 1 aliphatic rings. The molecule has 0 radical (unpaired) electrons. The van der Waals surface area contributed by atoms with Crippen LogP contribution in [-0.2, 0) is 0 Å². The van der Waals surface area contributed by atoms with Crippen LogP contribution in [0.3, 0.4) is 0 Å². The van der Waals surface area contributed by atoms with E-state index < -0.39 is 0 Å². The third-order valence-corrected chi connectivity index (χ3v) is 4.80. The van der Waals surface area contributed by atoms with Gasteiger partial charge in [0.1, 0.15) is 0 Å². The van der Waals surface area contributed by atoms with Crippen LogP contribution in [0.1, 0.15) is 78.1 Å². The first-order valence-corrected chi connectivity index (χ1v) is 8.01. The summed E-state index contributed by atoms with van der Waals surface area (Å²) in [7, 11) is 0. The van der Waals surface area contributed by atoms with Gasteiger partial charge in [-0.15, -0.1) is 0 Å². The van der Waals surface area contributed by atoms with E-state index in [2.05, 4.69) is 13.8 Å². The van der Waals surface area contributed by atoms with Gasteiger partial charge in [-0.1, -0.05) is 65.2 Å². The lowest BCUT2D eigenvalue weighted by molar-refractivity contribution is 0.243. The molecule has 0 aliphatic heterocycles. The second kappa shape index (κ2) is 8.97. The molecule has 0 aromatic heterocycles. The average molecular weight is 239 g/mol. The van der Waals surface area contributed by atoms with Crippen LogP contribution in [0.4, 0.5) is 0 Å². The van der Waals surface area contributed by atoms with E-state index in [1.165, 1.54) is 64.2 Å². The van der Waals surface area contributed by atoms with Crippen molar-refractivity contribution in [1.82, 2.24) is 0 Å². The highest BCUT2D eigenvalue weighted by atomic mass is 14.6. The van der Waals surface area contributed by atoms with Crippen molar-refractivity contribution in [3.8, 4) is 0 Å². The smallest absolute Gasteiger partial charge is 0.00462 e. The Labute approximate surface area is 109 Å². The van der Waals surface area contributed by atoms with E-state index in [1.54, 1.807) is 0 Å². The summed E-state index contributed by atoms with van der Waals surface area (Å²) in [6, 6.07) is 0. The zero-order valence-corrected chi connectivity index (χ0v) is 12.1. The van der Waals surface area contributed by atoms with Crippen LogP contribution >= 0.6 is 0 Å². The molecule has 1 rings (SSSR count). The first-order chi connectivity index (χ1) is 8.31. The first kappa shape index (κ1) is 15.0.